The van der Waals surface area contributed by atoms with Gasteiger partial charge < -0.3 is 15.2 Å². The number of hydrogen-bond acceptors (Lipinski definition) is 9. The van der Waals surface area contributed by atoms with Crippen LogP contribution in [0.2, 0.25) is 5.28 Å². The first-order valence-corrected chi connectivity index (χ1v) is 16.6. The van der Waals surface area contributed by atoms with Gasteiger partial charge in [0.2, 0.25) is 5.28 Å². The van der Waals surface area contributed by atoms with E-state index in [0.717, 1.165) is 25.1 Å². The Hall–Kier alpha value is -3.92. The summed E-state index contributed by atoms with van der Waals surface area (Å²) in [6.45, 7) is 4.22. The molecule has 0 spiro atoms. The molecule has 2 N–H and O–H groups in total. The van der Waals surface area contributed by atoms with E-state index in [1.807, 2.05) is 12.1 Å². The van der Waals surface area contributed by atoms with Crippen molar-refractivity contribution in [1.29, 1.82) is 0 Å². The molecule has 2 fully saturated rings. The Balaban J connectivity index is 0.000000212. The van der Waals surface area contributed by atoms with Crippen LogP contribution in [0.25, 0.3) is 0 Å². The summed E-state index contributed by atoms with van der Waals surface area (Å²) < 4.78 is 9.67. The van der Waals surface area contributed by atoms with Crippen LogP contribution in [0.1, 0.15) is 90.0 Å². The Morgan fingerprint density at radius 1 is 0.688 bits per heavy atom. The van der Waals surface area contributed by atoms with E-state index in [9.17, 15) is 9.59 Å². The van der Waals surface area contributed by atoms with Crippen LogP contribution in [0.4, 0.5) is 0 Å². The number of esters is 2. The van der Waals surface area contributed by atoms with E-state index in [0.29, 0.717) is 24.3 Å². The Morgan fingerprint density at radius 2 is 1.12 bits per heavy atom. The maximum Gasteiger partial charge on any atom is 0.341 e. The minimum atomic E-state index is -0.436. The van der Waals surface area contributed by atoms with Gasteiger partial charge in [-0.05, 0) is 86.9 Å². The molecule has 9 nitrogen and oxygen atoms in total. The zero-order chi connectivity index (χ0) is 33.5. The van der Waals surface area contributed by atoms with Gasteiger partial charge in [0.05, 0.1) is 24.3 Å². The second-order valence-corrected chi connectivity index (χ2v) is 12.5. The number of hydrogen-bond donors (Lipinski definition) is 1. The average Bonchev–Trinajstić information content (AvgIpc) is 3.05. The summed E-state index contributed by atoms with van der Waals surface area (Å²) in [5.74, 6) is 0.0181. The van der Waals surface area contributed by atoms with Crippen LogP contribution in [-0.2, 0) is 28.7 Å². The highest BCUT2D eigenvalue weighted by Gasteiger charge is 2.38. The number of benzene rings is 2. The van der Waals surface area contributed by atoms with Gasteiger partial charge in [0.25, 0.3) is 0 Å². The summed E-state index contributed by atoms with van der Waals surface area (Å²) in [5, 5.41) is 0.114. The van der Waals surface area contributed by atoms with Gasteiger partial charge in [0.15, 0.2) is 0 Å². The molecule has 0 atom stereocenters. The number of ether oxygens (including phenoxy) is 2. The average molecular weight is 695 g/mol. The van der Waals surface area contributed by atoms with Crippen LogP contribution in [-0.4, -0.2) is 50.6 Å². The molecule has 11 heteroatoms. The number of halogens is 2. The maximum atomic E-state index is 11.6. The lowest BCUT2D eigenvalue weighted by molar-refractivity contribution is 0.0515. The van der Waals surface area contributed by atoms with Gasteiger partial charge in [0.1, 0.15) is 5.82 Å². The smallest absolute Gasteiger partial charge is 0.341 e. The van der Waals surface area contributed by atoms with E-state index in [-0.39, 0.29) is 34.6 Å². The van der Waals surface area contributed by atoms with Gasteiger partial charge in [-0.25, -0.2) is 29.5 Å². The standard InChI is InChI=1S/C19H22N2O2.C11H15N.C7H7ClN2O2.ClH/c1-2-23-18(22)16-13-20-17(21-14-16)12-19(9-6-10-19)11-15-7-4-3-5-8-15;12-11(7-4-8-11)9-10-5-2-1-3-6-10;1-2-12-6(11)5-3-9-7(8)10-4-5;/h3-5,7-8,13-14H,2,6,9-12H2,1H3;1-3,5-6H,4,7-9,12H2;3-4H,2H2,1H3;1H. The molecule has 0 aliphatic heterocycles. The third-order valence-electron chi connectivity index (χ3n) is 8.47. The molecule has 2 aromatic heterocycles. The molecule has 0 saturated heterocycles. The molecule has 0 radical (unpaired) electrons. The van der Waals surface area contributed by atoms with Crippen molar-refractivity contribution in [1.82, 2.24) is 19.9 Å². The van der Waals surface area contributed by atoms with Crippen LogP contribution in [0.5, 0.6) is 0 Å². The summed E-state index contributed by atoms with van der Waals surface area (Å²) in [6, 6.07) is 21.1. The van der Waals surface area contributed by atoms with Crippen molar-refractivity contribution in [3.05, 3.63) is 119 Å². The summed E-state index contributed by atoms with van der Waals surface area (Å²) >= 11 is 5.42. The number of carbonyl (C=O) groups excluding carboxylic acids is 2. The van der Waals surface area contributed by atoms with Crippen LogP contribution < -0.4 is 5.73 Å². The molecule has 0 unspecified atom stereocenters. The van der Waals surface area contributed by atoms with Crippen LogP contribution >= 0.6 is 24.0 Å². The molecular weight excluding hydrogens is 649 g/mol. The molecule has 4 aromatic rings. The summed E-state index contributed by atoms with van der Waals surface area (Å²) in [6.07, 6.45) is 16.2. The van der Waals surface area contributed by atoms with Crippen molar-refractivity contribution in [3.63, 3.8) is 0 Å². The van der Waals surface area contributed by atoms with Crippen molar-refractivity contribution < 1.29 is 19.1 Å². The third-order valence-corrected chi connectivity index (χ3v) is 8.66. The highest BCUT2D eigenvalue weighted by molar-refractivity contribution is 6.28. The molecule has 2 saturated carbocycles. The SMILES string of the molecule is CCOC(=O)c1cnc(CC2(Cc3ccccc3)CCC2)nc1.CCOC(=O)c1cnc(Cl)nc1.Cl.NC1(Cc2ccccc2)CCC1. The van der Waals surface area contributed by atoms with Gasteiger partial charge in [-0.15, -0.1) is 12.4 Å². The van der Waals surface area contributed by atoms with Gasteiger partial charge in [-0.1, -0.05) is 67.1 Å². The van der Waals surface area contributed by atoms with E-state index in [2.05, 4.69) is 68.5 Å². The predicted molar refractivity (Wildman–Crippen MR) is 189 cm³/mol. The Morgan fingerprint density at radius 3 is 1.52 bits per heavy atom. The summed E-state index contributed by atoms with van der Waals surface area (Å²) in [7, 11) is 0. The quantitative estimate of drug-likeness (QED) is 0.133. The number of nitrogens with two attached hydrogens (primary N) is 1. The van der Waals surface area contributed by atoms with Crippen molar-refractivity contribution in [2.45, 2.75) is 77.2 Å². The van der Waals surface area contributed by atoms with Crippen LogP contribution in [0, 0.1) is 5.41 Å². The van der Waals surface area contributed by atoms with E-state index < -0.39 is 5.97 Å². The van der Waals surface area contributed by atoms with E-state index >= 15 is 0 Å². The molecule has 2 aliphatic carbocycles. The van der Waals surface area contributed by atoms with E-state index in [4.69, 9.17) is 26.8 Å². The fraction of sp³-hybridized carbons (Fsp3) is 0.405. The largest absolute Gasteiger partial charge is 0.462 e. The highest BCUT2D eigenvalue weighted by atomic mass is 35.5. The Bertz CT molecular complexity index is 1530. The van der Waals surface area contributed by atoms with Crippen molar-refractivity contribution in [2.75, 3.05) is 13.2 Å². The normalized spacial score (nSPS) is 14.9. The minimum absolute atomic E-state index is 0. The predicted octanol–water partition coefficient (Wildman–Crippen LogP) is 7.45. The lowest BCUT2D eigenvalue weighted by Crippen LogP contribution is -2.48. The molecule has 6 rings (SSSR count). The summed E-state index contributed by atoms with van der Waals surface area (Å²) in [5.41, 5.74) is 10.0. The minimum Gasteiger partial charge on any atom is -0.462 e. The first kappa shape index (κ1) is 38.5. The maximum absolute atomic E-state index is 11.6. The number of carbonyl (C=O) groups is 2. The Labute approximate surface area is 294 Å². The molecular formula is C37H45Cl2N5O4. The topological polar surface area (TPSA) is 130 Å². The fourth-order valence-corrected chi connectivity index (χ4v) is 5.76. The zero-order valence-electron chi connectivity index (χ0n) is 27.6. The molecule has 2 aliphatic rings. The van der Waals surface area contributed by atoms with Crippen LogP contribution in [0.15, 0.2) is 85.5 Å². The van der Waals surface area contributed by atoms with Gasteiger partial charge >= 0.3 is 11.9 Å². The number of rotatable bonds is 10. The molecule has 48 heavy (non-hydrogen) atoms. The number of aromatic nitrogens is 4. The van der Waals surface area contributed by atoms with Crippen molar-refractivity contribution in [2.24, 2.45) is 11.1 Å². The van der Waals surface area contributed by atoms with Crippen molar-refractivity contribution >= 4 is 35.9 Å². The first-order valence-electron chi connectivity index (χ1n) is 16.2. The third kappa shape index (κ3) is 12.0. The summed E-state index contributed by atoms with van der Waals surface area (Å²) in [4.78, 5) is 38.7. The number of nitrogens with zero attached hydrogens (tertiary/aromatic N) is 4. The van der Waals surface area contributed by atoms with Gasteiger partial charge in [-0.2, -0.15) is 0 Å². The Kier molecular flexibility index (Phi) is 15.4. The van der Waals surface area contributed by atoms with Crippen molar-refractivity contribution in [3.8, 4) is 0 Å². The lowest BCUT2D eigenvalue weighted by atomic mass is 9.63. The molecule has 2 heterocycles. The molecule has 0 amide bonds. The van der Waals surface area contributed by atoms with Gasteiger partial charge in [0, 0.05) is 36.7 Å². The van der Waals surface area contributed by atoms with Gasteiger partial charge in [-0.3, -0.25) is 0 Å². The second-order valence-electron chi connectivity index (χ2n) is 12.1. The lowest BCUT2D eigenvalue weighted by Gasteiger charge is -2.42. The zero-order valence-corrected chi connectivity index (χ0v) is 29.2. The van der Waals surface area contributed by atoms with Crippen LogP contribution in [0.3, 0.4) is 0 Å². The monoisotopic (exact) mass is 693 g/mol. The highest BCUT2D eigenvalue weighted by Crippen LogP contribution is 2.45. The van der Waals surface area contributed by atoms with E-state index in [1.165, 1.54) is 62.0 Å². The molecule has 0 bridgehead atoms. The molecule has 2 aromatic carbocycles. The first-order chi connectivity index (χ1) is 22.7. The second kappa shape index (κ2) is 19.2. The molecule has 256 valence electrons. The van der Waals surface area contributed by atoms with E-state index in [1.54, 1.807) is 26.2 Å². The fourth-order valence-electron chi connectivity index (χ4n) is 5.67.